The maximum Gasteiger partial charge on any atom is 0.345 e. The third kappa shape index (κ3) is 4.07. The quantitative estimate of drug-likeness (QED) is 0.848. The molecule has 7 heteroatoms. The summed E-state index contributed by atoms with van der Waals surface area (Å²) in [7, 11) is 0. The number of amides is 1. The average Bonchev–Trinajstić information content (AvgIpc) is 3.15. The lowest BCUT2D eigenvalue weighted by Gasteiger charge is -2.10. The summed E-state index contributed by atoms with van der Waals surface area (Å²) in [4.78, 5) is 23.1. The fraction of sp³-hybridized carbons (Fsp3) is 0.375. The van der Waals surface area contributed by atoms with Crippen molar-refractivity contribution in [3.8, 4) is 0 Å². The smallest absolute Gasteiger partial charge is 0.345 e. The van der Waals surface area contributed by atoms with E-state index in [0.29, 0.717) is 12.3 Å². The zero-order chi connectivity index (χ0) is 16.2. The van der Waals surface area contributed by atoms with Gasteiger partial charge in [-0.25, -0.2) is 4.79 Å². The van der Waals surface area contributed by atoms with Gasteiger partial charge < -0.3 is 19.9 Å². The standard InChI is InChI=1S/C16H17NO5S/c18-15(9-21-8-12-2-1-5-22-12)17-11-3-4-13-10(6-11)7-14(23-13)16(19)20/h3-4,6-7,12H,1-2,5,8-9H2,(H,17,18)(H,19,20). The number of ether oxygens (including phenoxy) is 2. The Morgan fingerprint density at radius 2 is 2.26 bits per heavy atom. The lowest BCUT2D eigenvalue weighted by atomic mass is 10.2. The Hall–Kier alpha value is -1.96. The fourth-order valence-corrected chi connectivity index (χ4v) is 3.36. The van der Waals surface area contributed by atoms with Crippen LogP contribution in [-0.4, -0.2) is 42.9 Å². The predicted molar refractivity (Wildman–Crippen MR) is 87.2 cm³/mol. The first-order chi connectivity index (χ1) is 11.1. The summed E-state index contributed by atoms with van der Waals surface area (Å²) in [6, 6.07) is 6.92. The third-order valence-corrected chi connectivity index (χ3v) is 4.68. The van der Waals surface area contributed by atoms with Crippen molar-refractivity contribution < 1.29 is 24.2 Å². The van der Waals surface area contributed by atoms with Gasteiger partial charge in [0, 0.05) is 17.0 Å². The highest BCUT2D eigenvalue weighted by molar-refractivity contribution is 7.20. The van der Waals surface area contributed by atoms with Crippen molar-refractivity contribution in [2.75, 3.05) is 25.1 Å². The molecule has 1 amide bonds. The van der Waals surface area contributed by atoms with Crippen LogP contribution in [0.1, 0.15) is 22.5 Å². The maximum atomic E-state index is 11.9. The molecular formula is C16H17NO5S. The van der Waals surface area contributed by atoms with Crippen LogP contribution >= 0.6 is 11.3 Å². The Kier molecular flexibility index (Phi) is 4.90. The third-order valence-electron chi connectivity index (χ3n) is 3.57. The Labute approximate surface area is 137 Å². The van der Waals surface area contributed by atoms with Crippen LogP contribution in [0.3, 0.4) is 0 Å². The van der Waals surface area contributed by atoms with Crippen LogP contribution in [0.15, 0.2) is 24.3 Å². The Morgan fingerprint density at radius 3 is 3.00 bits per heavy atom. The number of hydrogen-bond donors (Lipinski definition) is 2. The van der Waals surface area contributed by atoms with Gasteiger partial charge in [0.05, 0.1) is 12.7 Å². The lowest BCUT2D eigenvalue weighted by Crippen LogP contribution is -2.22. The molecule has 1 aliphatic heterocycles. The van der Waals surface area contributed by atoms with E-state index < -0.39 is 5.97 Å². The van der Waals surface area contributed by atoms with E-state index in [4.69, 9.17) is 14.6 Å². The molecule has 0 radical (unpaired) electrons. The molecule has 0 saturated carbocycles. The number of aromatic carboxylic acids is 1. The van der Waals surface area contributed by atoms with Crippen LogP contribution in [0.4, 0.5) is 5.69 Å². The topological polar surface area (TPSA) is 84.9 Å². The number of benzene rings is 1. The number of anilines is 1. The minimum Gasteiger partial charge on any atom is -0.477 e. The van der Waals surface area contributed by atoms with Crippen molar-refractivity contribution in [3.63, 3.8) is 0 Å². The normalized spacial score (nSPS) is 17.5. The molecule has 6 nitrogen and oxygen atoms in total. The number of fused-ring (bicyclic) bond motifs is 1. The lowest BCUT2D eigenvalue weighted by molar-refractivity contribution is -0.121. The van der Waals surface area contributed by atoms with E-state index in [1.54, 1.807) is 24.3 Å². The zero-order valence-electron chi connectivity index (χ0n) is 12.4. The summed E-state index contributed by atoms with van der Waals surface area (Å²) in [5, 5.41) is 12.5. The molecular weight excluding hydrogens is 318 g/mol. The molecule has 0 bridgehead atoms. The molecule has 0 spiro atoms. The van der Waals surface area contributed by atoms with Gasteiger partial charge in [-0.05, 0) is 42.5 Å². The number of carboxylic acid groups (broad SMARTS) is 1. The second-order valence-electron chi connectivity index (χ2n) is 5.37. The Balaban J connectivity index is 1.55. The first-order valence-electron chi connectivity index (χ1n) is 7.38. The number of nitrogens with one attached hydrogen (secondary N) is 1. The molecule has 2 heterocycles. The van der Waals surface area contributed by atoms with Crippen LogP contribution < -0.4 is 5.32 Å². The number of hydrogen-bond acceptors (Lipinski definition) is 5. The van der Waals surface area contributed by atoms with Gasteiger partial charge in [-0.15, -0.1) is 11.3 Å². The molecule has 23 heavy (non-hydrogen) atoms. The van der Waals surface area contributed by atoms with E-state index in [9.17, 15) is 9.59 Å². The van der Waals surface area contributed by atoms with Gasteiger partial charge in [-0.1, -0.05) is 0 Å². The minimum absolute atomic E-state index is 0.0259. The molecule has 1 atom stereocenters. The Morgan fingerprint density at radius 1 is 1.39 bits per heavy atom. The van der Waals surface area contributed by atoms with Gasteiger partial charge in [0.1, 0.15) is 11.5 Å². The van der Waals surface area contributed by atoms with Crippen molar-refractivity contribution in [2.45, 2.75) is 18.9 Å². The van der Waals surface area contributed by atoms with Crippen LogP contribution in [0, 0.1) is 0 Å². The summed E-state index contributed by atoms with van der Waals surface area (Å²) < 4.78 is 11.7. The van der Waals surface area contributed by atoms with Crippen LogP contribution in [0.5, 0.6) is 0 Å². The molecule has 2 aromatic rings. The van der Waals surface area contributed by atoms with Crippen molar-refractivity contribution in [2.24, 2.45) is 0 Å². The number of rotatable bonds is 6. The van der Waals surface area contributed by atoms with E-state index in [1.165, 1.54) is 11.3 Å². The molecule has 1 saturated heterocycles. The molecule has 1 fully saturated rings. The molecule has 3 rings (SSSR count). The summed E-state index contributed by atoms with van der Waals surface area (Å²) in [5.41, 5.74) is 0.623. The molecule has 1 aromatic heterocycles. The second kappa shape index (κ2) is 7.08. The first kappa shape index (κ1) is 15.9. The predicted octanol–water partition coefficient (Wildman–Crippen LogP) is 2.73. The van der Waals surface area contributed by atoms with Crippen molar-refractivity contribution in [3.05, 3.63) is 29.1 Å². The van der Waals surface area contributed by atoms with Crippen molar-refractivity contribution in [1.29, 1.82) is 0 Å². The fourth-order valence-electron chi connectivity index (χ4n) is 2.48. The van der Waals surface area contributed by atoms with Crippen LogP contribution in [0.25, 0.3) is 10.1 Å². The number of thiophene rings is 1. The number of carboxylic acids is 1. The van der Waals surface area contributed by atoms with Crippen molar-refractivity contribution >= 4 is 39.0 Å². The van der Waals surface area contributed by atoms with Gasteiger partial charge >= 0.3 is 5.97 Å². The van der Waals surface area contributed by atoms with E-state index in [1.807, 2.05) is 0 Å². The zero-order valence-corrected chi connectivity index (χ0v) is 13.2. The Bertz CT molecular complexity index is 720. The molecule has 0 aliphatic carbocycles. The second-order valence-corrected chi connectivity index (χ2v) is 6.45. The summed E-state index contributed by atoms with van der Waals surface area (Å²) in [5.74, 6) is -1.18. The maximum absolute atomic E-state index is 11.9. The van der Waals surface area contributed by atoms with E-state index >= 15 is 0 Å². The van der Waals surface area contributed by atoms with Gasteiger partial charge in [-0.3, -0.25) is 4.79 Å². The summed E-state index contributed by atoms with van der Waals surface area (Å²) in [6.07, 6.45) is 2.11. The van der Waals surface area contributed by atoms with Gasteiger partial charge in [0.25, 0.3) is 0 Å². The number of carbonyl (C=O) groups excluding carboxylic acids is 1. The molecule has 122 valence electrons. The van der Waals surface area contributed by atoms with Gasteiger partial charge in [0.15, 0.2) is 0 Å². The van der Waals surface area contributed by atoms with Gasteiger partial charge in [-0.2, -0.15) is 0 Å². The number of carbonyl (C=O) groups is 2. The monoisotopic (exact) mass is 335 g/mol. The van der Waals surface area contributed by atoms with Crippen LogP contribution in [0.2, 0.25) is 0 Å². The minimum atomic E-state index is -0.945. The molecule has 1 aliphatic rings. The largest absolute Gasteiger partial charge is 0.477 e. The highest BCUT2D eigenvalue weighted by Crippen LogP contribution is 2.28. The molecule has 1 aromatic carbocycles. The van der Waals surface area contributed by atoms with E-state index in [2.05, 4.69) is 5.32 Å². The summed E-state index contributed by atoms with van der Waals surface area (Å²) >= 11 is 1.21. The van der Waals surface area contributed by atoms with Crippen LogP contribution in [-0.2, 0) is 14.3 Å². The van der Waals surface area contributed by atoms with Crippen molar-refractivity contribution in [1.82, 2.24) is 0 Å². The van der Waals surface area contributed by atoms with E-state index in [-0.39, 0.29) is 23.5 Å². The highest BCUT2D eigenvalue weighted by atomic mass is 32.1. The summed E-state index contributed by atoms with van der Waals surface area (Å²) in [6.45, 7) is 1.17. The SMILES string of the molecule is O=C(COCC1CCCO1)Nc1ccc2sc(C(=O)O)cc2c1. The highest BCUT2D eigenvalue weighted by Gasteiger charge is 2.16. The van der Waals surface area contributed by atoms with Gasteiger partial charge in [0.2, 0.25) is 5.91 Å². The first-order valence-corrected chi connectivity index (χ1v) is 8.19. The molecule has 1 unspecified atom stereocenters. The molecule has 2 N–H and O–H groups in total. The van der Waals surface area contributed by atoms with E-state index in [0.717, 1.165) is 29.5 Å². The average molecular weight is 335 g/mol.